The van der Waals surface area contributed by atoms with E-state index in [1.165, 1.54) is 23.3 Å². The molecule has 3 rings (SSSR count). The van der Waals surface area contributed by atoms with Crippen molar-refractivity contribution in [2.24, 2.45) is 0 Å². The Kier molecular flexibility index (Phi) is 5.31. The first-order valence-electron chi connectivity index (χ1n) is 8.11. The highest BCUT2D eigenvalue weighted by molar-refractivity contribution is 7.10. The molecule has 0 spiro atoms. The van der Waals surface area contributed by atoms with Crippen LogP contribution in [0.2, 0.25) is 0 Å². The Balaban J connectivity index is 1.57. The maximum absolute atomic E-state index is 12.1. The second-order valence-corrected chi connectivity index (χ2v) is 6.95. The van der Waals surface area contributed by atoms with Crippen molar-refractivity contribution >= 4 is 23.1 Å². The van der Waals surface area contributed by atoms with Crippen LogP contribution in [-0.2, 0) is 0 Å². The number of carbonyl (C=O) groups is 1. The van der Waals surface area contributed by atoms with Gasteiger partial charge in [0.25, 0.3) is 0 Å². The average Bonchev–Trinajstić information content (AvgIpc) is 3.24. The number of nitrogens with one attached hydrogen (secondary N) is 2. The number of carbonyl (C=O) groups excluding carboxylic acids is 1. The molecular weight excluding hydrogens is 306 g/mol. The summed E-state index contributed by atoms with van der Waals surface area (Å²) in [5.74, 6) is 0. The van der Waals surface area contributed by atoms with Crippen LogP contribution in [0.15, 0.2) is 41.8 Å². The van der Waals surface area contributed by atoms with Gasteiger partial charge < -0.3 is 10.6 Å². The molecule has 0 bridgehead atoms. The lowest BCUT2D eigenvalue weighted by atomic mass is 10.2. The number of benzene rings is 1. The Morgan fingerprint density at radius 1 is 1.22 bits per heavy atom. The summed E-state index contributed by atoms with van der Waals surface area (Å²) >= 11 is 1.76. The molecule has 1 aliphatic heterocycles. The number of hydrogen-bond donors (Lipinski definition) is 2. The summed E-state index contributed by atoms with van der Waals surface area (Å²) in [6, 6.07) is 12.2. The van der Waals surface area contributed by atoms with E-state index >= 15 is 0 Å². The zero-order valence-electron chi connectivity index (χ0n) is 13.4. The molecule has 0 unspecified atom stereocenters. The van der Waals surface area contributed by atoms with Crippen molar-refractivity contribution in [2.45, 2.75) is 25.8 Å². The smallest absolute Gasteiger partial charge is 0.319 e. The molecule has 0 saturated carbocycles. The lowest BCUT2D eigenvalue weighted by molar-refractivity contribution is 0.229. The fourth-order valence-electron chi connectivity index (χ4n) is 2.95. The van der Waals surface area contributed by atoms with Crippen molar-refractivity contribution < 1.29 is 4.79 Å². The maximum atomic E-state index is 12.1. The Labute approximate surface area is 141 Å². The minimum absolute atomic E-state index is 0.144. The number of nitrogens with zero attached hydrogens (tertiary/aromatic N) is 1. The molecule has 2 N–H and O–H groups in total. The SMILES string of the molecule is Cc1ccc(NC(=O)NC[C@@H](c2cccs2)N2CCCC2)cc1. The summed E-state index contributed by atoms with van der Waals surface area (Å²) in [6.07, 6.45) is 2.49. The molecule has 5 heteroatoms. The monoisotopic (exact) mass is 329 g/mol. The third kappa shape index (κ3) is 4.33. The Bertz CT molecular complexity index is 618. The van der Waals surface area contributed by atoms with E-state index in [0.717, 1.165) is 18.8 Å². The van der Waals surface area contributed by atoms with Gasteiger partial charge in [0.05, 0.1) is 6.04 Å². The molecule has 2 amide bonds. The van der Waals surface area contributed by atoms with Crippen LogP contribution >= 0.6 is 11.3 Å². The third-order valence-corrected chi connectivity index (χ3v) is 5.19. The van der Waals surface area contributed by atoms with E-state index in [1.54, 1.807) is 11.3 Å². The zero-order chi connectivity index (χ0) is 16.1. The average molecular weight is 329 g/mol. The lowest BCUT2D eigenvalue weighted by Gasteiger charge is -2.26. The van der Waals surface area contributed by atoms with Crippen LogP contribution in [0.3, 0.4) is 0 Å². The maximum Gasteiger partial charge on any atom is 0.319 e. The van der Waals surface area contributed by atoms with E-state index in [4.69, 9.17) is 0 Å². The first kappa shape index (κ1) is 16.0. The van der Waals surface area contributed by atoms with Crippen LogP contribution in [0.4, 0.5) is 10.5 Å². The van der Waals surface area contributed by atoms with Crippen LogP contribution in [0.25, 0.3) is 0 Å². The van der Waals surface area contributed by atoms with Crippen molar-refractivity contribution in [1.29, 1.82) is 0 Å². The highest BCUT2D eigenvalue weighted by Crippen LogP contribution is 2.27. The van der Waals surface area contributed by atoms with Gasteiger partial charge >= 0.3 is 6.03 Å². The molecule has 0 aliphatic carbocycles. The molecule has 1 aliphatic rings. The van der Waals surface area contributed by atoms with Crippen LogP contribution in [0, 0.1) is 6.92 Å². The molecular formula is C18H23N3OS. The number of hydrogen-bond acceptors (Lipinski definition) is 3. The van der Waals surface area contributed by atoms with Crippen molar-refractivity contribution in [3.63, 3.8) is 0 Å². The summed E-state index contributed by atoms with van der Waals surface area (Å²) < 4.78 is 0. The van der Waals surface area contributed by atoms with E-state index in [2.05, 4.69) is 33.0 Å². The topological polar surface area (TPSA) is 44.4 Å². The van der Waals surface area contributed by atoms with Gasteiger partial charge in [-0.25, -0.2) is 4.79 Å². The van der Waals surface area contributed by atoms with Gasteiger partial charge in [-0.1, -0.05) is 23.8 Å². The Hall–Kier alpha value is -1.85. The molecule has 1 atom stereocenters. The molecule has 2 aromatic rings. The molecule has 1 fully saturated rings. The van der Waals surface area contributed by atoms with E-state index < -0.39 is 0 Å². The van der Waals surface area contributed by atoms with Crippen LogP contribution < -0.4 is 10.6 Å². The van der Waals surface area contributed by atoms with Crippen LogP contribution in [0.5, 0.6) is 0 Å². The van der Waals surface area contributed by atoms with Crippen LogP contribution in [0.1, 0.15) is 29.3 Å². The van der Waals surface area contributed by atoms with Crippen molar-refractivity contribution in [3.8, 4) is 0 Å². The normalized spacial score (nSPS) is 16.2. The highest BCUT2D eigenvalue weighted by Gasteiger charge is 2.24. The van der Waals surface area contributed by atoms with Crippen molar-refractivity contribution in [2.75, 3.05) is 25.0 Å². The van der Waals surface area contributed by atoms with Gasteiger partial charge in [0, 0.05) is 17.1 Å². The van der Waals surface area contributed by atoms with E-state index in [-0.39, 0.29) is 12.1 Å². The minimum atomic E-state index is -0.144. The van der Waals surface area contributed by atoms with E-state index in [9.17, 15) is 4.79 Å². The zero-order valence-corrected chi connectivity index (χ0v) is 14.2. The summed E-state index contributed by atoms with van der Waals surface area (Å²) in [4.78, 5) is 15.9. The second-order valence-electron chi connectivity index (χ2n) is 5.98. The van der Waals surface area contributed by atoms with Gasteiger partial charge in [-0.3, -0.25) is 4.90 Å². The number of anilines is 1. The van der Waals surface area contributed by atoms with Crippen molar-refractivity contribution in [1.82, 2.24) is 10.2 Å². The minimum Gasteiger partial charge on any atom is -0.336 e. The lowest BCUT2D eigenvalue weighted by Crippen LogP contribution is -2.38. The molecule has 122 valence electrons. The summed E-state index contributed by atoms with van der Waals surface area (Å²) in [6.45, 7) is 4.90. The number of amides is 2. The Morgan fingerprint density at radius 3 is 2.61 bits per heavy atom. The number of urea groups is 1. The standard InChI is InChI=1S/C18H23N3OS/c1-14-6-8-15(9-7-14)20-18(22)19-13-16(17-5-4-12-23-17)21-10-2-3-11-21/h4-9,12,16H,2-3,10-11,13H2,1H3,(H2,19,20,22)/t16-/m0/s1. The van der Waals surface area contributed by atoms with E-state index in [1.807, 2.05) is 31.2 Å². The fourth-order valence-corrected chi connectivity index (χ4v) is 3.81. The summed E-state index contributed by atoms with van der Waals surface area (Å²) in [5.41, 5.74) is 2.00. The number of thiophene rings is 1. The van der Waals surface area contributed by atoms with Crippen molar-refractivity contribution in [3.05, 3.63) is 52.2 Å². The fraction of sp³-hybridized carbons (Fsp3) is 0.389. The number of likely N-dealkylation sites (tertiary alicyclic amines) is 1. The predicted octanol–water partition coefficient (Wildman–Crippen LogP) is 4.02. The first-order chi connectivity index (χ1) is 11.2. The quantitative estimate of drug-likeness (QED) is 0.870. The molecule has 1 aromatic heterocycles. The molecule has 0 radical (unpaired) electrons. The molecule has 4 nitrogen and oxygen atoms in total. The van der Waals surface area contributed by atoms with Gasteiger partial charge in [0.2, 0.25) is 0 Å². The summed E-state index contributed by atoms with van der Waals surface area (Å²) in [7, 11) is 0. The van der Waals surface area contributed by atoms with Gasteiger partial charge in [0.15, 0.2) is 0 Å². The Morgan fingerprint density at radius 2 is 1.96 bits per heavy atom. The molecule has 1 saturated heterocycles. The van der Waals surface area contributed by atoms with Gasteiger partial charge in [-0.05, 0) is 56.4 Å². The van der Waals surface area contributed by atoms with Gasteiger partial charge in [-0.2, -0.15) is 0 Å². The number of rotatable bonds is 5. The predicted molar refractivity (Wildman–Crippen MR) is 96.1 cm³/mol. The van der Waals surface area contributed by atoms with E-state index in [0.29, 0.717) is 6.54 Å². The van der Waals surface area contributed by atoms with Gasteiger partial charge in [0.1, 0.15) is 0 Å². The molecule has 23 heavy (non-hydrogen) atoms. The molecule has 2 heterocycles. The highest BCUT2D eigenvalue weighted by atomic mass is 32.1. The second kappa shape index (κ2) is 7.62. The van der Waals surface area contributed by atoms with Gasteiger partial charge in [-0.15, -0.1) is 11.3 Å². The molecule has 1 aromatic carbocycles. The number of aryl methyl sites for hydroxylation is 1. The summed E-state index contributed by atoms with van der Waals surface area (Å²) in [5, 5.41) is 8.02. The van der Waals surface area contributed by atoms with Crippen LogP contribution in [-0.4, -0.2) is 30.6 Å². The first-order valence-corrected chi connectivity index (χ1v) is 8.99. The third-order valence-electron chi connectivity index (χ3n) is 4.22. The largest absolute Gasteiger partial charge is 0.336 e.